The van der Waals surface area contributed by atoms with Gasteiger partial charge in [0.1, 0.15) is 0 Å². The summed E-state index contributed by atoms with van der Waals surface area (Å²) in [5, 5.41) is 0. The van der Waals surface area contributed by atoms with E-state index in [-0.39, 0.29) is 5.41 Å². The maximum absolute atomic E-state index is 6.07. The molecule has 0 atom stereocenters. The molecule has 0 radical (unpaired) electrons. The predicted octanol–water partition coefficient (Wildman–Crippen LogP) is 3.65. The fourth-order valence-corrected chi connectivity index (χ4v) is 3.38. The molecule has 0 heterocycles. The number of nitrogens with two attached hydrogens (primary N) is 2. The summed E-state index contributed by atoms with van der Waals surface area (Å²) >= 11 is 0. The molecule has 3 rings (SSSR count). The molecule has 4 N–H and O–H groups in total. The first-order valence-electron chi connectivity index (χ1n) is 7.91. The number of hydrogen-bond donors (Lipinski definition) is 2. The third-order valence-electron chi connectivity index (χ3n) is 4.34. The first-order valence-corrected chi connectivity index (χ1v) is 7.91. The van der Waals surface area contributed by atoms with E-state index in [0.717, 1.165) is 0 Å². The standard InChI is InChI=1S/C21H22N2/c22-20(23)16-21(17-10-4-1-5-11-17,18-12-6-2-7-13-18)19-14-8-3-9-15-19/h1-15,20H,16,22-23H2. The van der Waals surface area contributed by atoms with Crippen LogP contribution in [0.15, 0.2) is 91.0 Å². The van der Waals surface area contributed by atoms with Gasteiger partial charge >= 0.3 is 0 Å². The third-order valence-corrected chi connectivity index (χ3v) is 4.34. The molecule has 0 fully saturated rings. The summed E-state index contributed by atoms with van der Waals surface area (Å²) in [6, 6.07) is 31.4. The van der Waals surface area contributed by atoms with Gasteiger partial charge in [0.2, 0.25) is 0 Å². The topological polar surface area (TPSA) is 52.0 Å². The van der Waals surface area contributed by atoms with Crippen LogP contribution in [0, 0.1) is 0 Å². The van der Waals surface area contributed by atoms with Crippen LogP contribution in [0.5, 0.6) is 0 Å². The highest BCUT2D eigenvalue weighted by atomic mass is 14.9. The number of hydrogen-bond acceptors (Lipinski definition) is 2. The highest BCUT2D eigenvalue weighted by Crippen LogP contribution is 2.42. The van der Waals surface area contributed by atoms with Crippen molar-refractivity contribution in [1.82, 2.24) is 0 Å². The summed E-state index contributed by atoms with van der Waals surface area (Å²) in [6.07, 6.45) is 0.237. The predicted molar refractivity (Wildman–Crippen MR) is 96.0 cm³/mol. The molecule has 3 aromatic carbocycles. The molecule has 0 spiro atoms. The molecule has 0 aromatic heterocycles. The molecule has 0 aliphatic heterocycles. The van der Waals surface area contributed by atoms with Gasteiger partial charge in [0, 0.05) is 5.41 Å². The van der Waals surface area contributed by atoms with Crippen molar-refractivity contribution in [1.29, 1.82) is 0 Å². The Morgan fingerprint density at radius 1 is 0.565 bits per heavy atom. The largest absolute Gasteiger partial charge is 0.316 e. The first kappa shape index (κ1) is 15.5. The van der Waals surface area contributed by atoms with Gasteiger partial charge in [-0.1, -0.05) is 91.0 Å². The summed E-state index contributed by atoms with van der Waals surface area (Å²) in [5.74, 6) is 0. The van der Waals surface area contributed by atoms with Crippen molar-refractivity contribution in [2.24, 2.45) is 11.5 Å². The molecule has 116 valence electrons. The Labute approximate surface area is 137 Å². The average molecular weight is 302 g/mol. The van der Waals surface area contributed by atoms with E-state index in [1.54, 1.807) is 0 Å². The van der Waals surface area contributed by atoms with Gasteiger partial charge in [-0.15, -0.1) is 0 Å². The number of rotatable bonds is 5. The van der Waals surface area contributed by atoms with Crippen molar-refractivity contribution < 1.29 is 0 Å². The van der Waals surface area contributed by atoms with Gasteiger partial charge in [-0.3, -0.25) is 0 Å². The zero-order valence-electron chi connectivity index (χ0n) is 13.1. The van der Waals surface area contributed by atoms with Crippen molar-refractivity contribution >= 4 is 0 Å². The molecule has 0 unspecified atom stereocenters. The van der Waals surface area contributed by atoms with E-state index in [1.165, 1.54) is 16.7 Å². The van der Waals surface area contributed by atoms with Crippen molar-refractivity contribution in [2.75, 3.05) is 0 Å². The van der Waals surface area contributed by atoms with E-state index < -0.39 is 6.17 Å². The van der Waals surface area contributed by atoms with Crippen LogP contribution in [0.1, 0.15) is 23.1 Å². The third kappa shape index (κ3) is 3.04. The van der Waals surface area contributed by atoms with E-state index >= 15 is 0 Å². The van der Waals surface area contributed by atoms with Gasteiger partial charge in [0.25, 0.3) is 0 Å². The minimum Gasteiger partial charge on any atom is -0.316 e. The maximum atomic E-state index is 6.07. The molecule has 0 aliphatic carbocycles. The molecule has 3 aromatic rings. The second-order valence-electron chi connectivity index (χ2n) is 5.87. The van der Waals surface area contributed by atoms with Crippen molar-refractivity contribution in [3.63, 3.8) is 0 Å². The quantitative estimate of drug-likeness (QED) is 0.558. The van der Waals surface area contributed by atoms with Crippen molar-refractivity contribution in [2.45, 2.75) is 18.0 Å². The lowest BCUT2D eigenvalue weighted by Crippen LogP contribution is -2.41. The van der Waals surface area contributed by atoms with E-state index in [1.807, 2.05) is 18.2 Å². The number of benzene rings is 3. The minimum absolute atomic E-state index is 0.349. The normalized spacial score (nSPS) is 11.6. The molecular formula is C21H22N2. The Morgan fingerprint density at radius 3 is 1.13 bits per heavy atom. The molecule has 0 bridgehead atoms. The first-order chi connectivity index (χ1) is 11.2. The fourth-order valence-electron chi connectivity index (χ4n) is 3.38. The fraction of sp³-hybridized carbons (Fsp3) is 0.143. The highest BCUT2D eigenvalue weighted by molar-refractivity contribution is 5.50. The van der Waals surface area contributed by atoms with E-state index in [0.29, 0.717) is 6.42 Å². The van der Waals surface area contributed by atoms with Crippen molar-refractivity contribution in [3.8, 4) is 0 Å². The van der Waals surface area contributed by atoms with Crippen LogP contribution in [0.25, 0.3) is 0 Å². The smallest absolute Gasteiger partial charge is 0.0536 e. The van der Waals surface area contributed by atoms with E-state index in [2.05, 4.69) is 72.8 Å². The lowest BCUT2D eigenvalue weighted by Gasteiger charge is -2.37. The molecule has 0 aliphatic rings. The van der Waals surface area contributed by atoms with Crippen LogP contribution in [0.4, 0.5) is 0 Å². The molecule has 0 saturated carbocycles. The molecule has 2 nitrogen and oxygen atoms in total. The van der Waals surface area contributed by atoms with Crippen LogP contribution < -0.4 is 11.5 Å². The summed E-state index contributed by atoms with van der Waals surface area (Å²) in [6.45, 7) is 0. The molecule has 23 heavy (non-hydrogen) atoms. The average Bonchev–Trinajstić information content (AvgIpc) is 2.62. The summed E-state index contributed by atoms with van der Waals surface area (Å²) in [4.78, 5) is 0. The van der Waals surface area contributed by atoms with Crippen LogP contribution >= 0.6 is 0 Å². The monoisotopic (exact) mass is 302 g/mol. The second kappa shape index (κ2) is 6.78. The van der Waals surface area contributed by atoms with E-state index in [9.17, 15) is 0 Å². The summed E-state index contributed by atoms with van der Waals surface area (Å²) in [5.41, 5.74) is 15.4. The molecule has 0 saturated heterocycles. The summed E-state index contributed by atoms with van der Waals surface area (Å²) < 4.78 is 0. The molecule has 0 amide bonds. The Balaban J connectivity index is 2.30. The minimum atomic E-state index is -0.407. The van der Waals surface area contributed by atoms with Crippen LogP contribution in [-0.2, 0) is 5.41 Å². The lowest BCUT2D eigenvalue weighted by atomic mass is 9.67. The zero-order chi connectivity index (χ0) is 16.1. The lowest BCUT2D eigenvalue weighted by molar-refractivity contribution is 0.488. The van der Waals surface area contributed by atoms with Gasteiger partial charge in [-0.05, 0) is 23.1 Å². The zero-order valence-corrected chi connectivity index (χ0v) is 13.1. The Hall–Kier alpha value is -2.42. The van der Waals surface area contributed by atoms with Gasteiger partial charge in [-0.2, -0.15) is 0 Å². The highest BCUT2D eigenvalue weighted by Gasteiger charge is 2.36. The van der Waals surface area contributed by atoms with Gasteiger partial charge in [0.05, 0.1) is 6.17 Å². The Bertz CT molecular complexity index is 625. The van der Waals surface area contributed by atoms with Crippen LogP contribution in [-0.4, -0.2) is 6.17 Å². The van der Waals surface area contributed by atoms with Crippen LogP contribution in [0.3, 0.4) is 0 Å². The van der Waals surface area contributed by atoms with E-state index in [4.69, 9.17) is 11.5 Å². The SMILES string of the molecule is NC(N)CC(c1ccccc1)(c1ccccc1)c1ccccc1. The van der Waals surface area contributed by atoms with Gasteiger partial charge in [0.15, 0.2) is 0 Å². The maximum Gasteiger partial charge on any atom is 0.0536 e. The Morgan fingerprint density at radius 2 is 0.870 bits per heavy atom. The van der Waals surface area contributed by atoms with Crippen molar-refractivity contribution in [3.05, 3.63) is 108 Å². The Kier molecular flexibility index (Phi) is 4.56. The molecule has 2 heteroatoms. The molecular weight excluding hydrogens is 280 g/mol. The van der Waals surface area contributed by atoms with Crippen LogP contribution in [0.2, 0.25) is 0 Å². The summed E-state index contributed by atoms with van der Waals surface area (Å²) in [7, 11) is 0. The van der Waals surface area contributed by atoms with Gasteiger partial charge < -0.3 is 11.5 Å². The second-order valence-corrected chi connectivity index (χ2v) is 5.87. The van der Waals surface area contributed by atoms with Gasteiger partial charge in [-0.25, -0.2) is 0 Å².